The first-order valence-electron chi connectivity index (χ1n) is 11.0. The van der Waals surface area contributed by atoms with Crippen LogP contribution in [0.2, 0.25) is 5.02 Å². The van der Waals surface area contributed by atoms with Crippen LogP contribution < -0.4 is 20.7 Å². The Bertz CT molecular complexity index is 1190. The van der Waals surface area contributed by atoms with Gasteiger partial charge in [0.1, 0.15) is 23.1 Å². The van der Waals surface area contributed by atoms with Crippen LogP contribution in [0.25, 0.3) is 0 Å². The molecule has 1 aliphatic carbocycles. The summed E-state index contributed by atoms with van der Waals surface area (Å²) in [5, 5.41) is 11.2. The number of anilines is 1. The van der Waals surface area contributed by atoms with Crippen LogP contribution in [0.1, 0.15) is 41.2 Å². The second-order valence-corrected chi connectivity index (χ2v) is 9.45. The number of urea groups is 1. The zero-order valence-corrected chi connectivity index (χ0v) is 20.1. The Morgan fingerprint density at radius 2 is 1.74 bits per heavy atom. The van der Waals surface area contributed by atoms with Gasteiger partial charge in [0.15, 0.2) is 11.6 Å². The van der Waals surface area contributed by atoms with Crippen molar-refractivity contribution in [2.75, 3.05) is 5.32 Å². The third-order valence-corrected chi connectivity index (χ3v) is 6.61. The fraction of sp³-hybridized carbons (Fsp3) is 0.292. The van der Waals surface area contributed by atoms with E-state index in [1.165, 1.54) is 17.4 Å². The largest absolute Gasteiger partial charge is 0.486 e. The standard InChI is InChI=1S/C24H23ClF2N4O3S/c25-14-5-8-16(9-6-14)34-12-22-29-21(13-35-22)23(32)30-19-3-1-2-4-20(19)31-24(33)28-15-7-10-17(26)18(27)11-15/h5-11,13,19-20H,1-4,12H2,(H,30,32)(H2,28,31,33). The van der Waals surface area contributed by atoms with Gasteiger partial charge in [0.2, 0.25) is 0 Å². The quantitative estimate of drug-likeness (QED) is 0.382. The highest BCUT2D eigenvalue weighted by molar-refractivity contribution is 7.09. The molecular weight excluding hydrogens is 498 g/mol. The van der Waals surface area contributed by atoms with Crippen LogP contribution >= 0.6 is 22.9 Å². The van der Waals surface area contributed by atoms with Gasteiger partial charge in [-0.1, -0.05) is 24.4 Å². The number of hydrogen-bond donors (Lipinski definition) is 3. The Morgan fingerprint density at radius 1 is 1.03 bits per heavy atom. The van der Waals surface area contributed by atoms with E-state index in [1.807, 2.05) is 0 Å². The number of halogens is 3. The summed E-state index contributed by atoms with van der Waals surface area (Å²) in [7, 11) is 0. The molecule has 1 heterocycles. The molecule has 0 spiro atoms. The lowest BCUT2D eigenvalue weighted by atomic mass is 9.90. The van der Waals surface area contributed by atoms with Crippen LogP contribution in [0.3, 0.4) is 0 Å². The van der Waals surface area contributed by atoms with Crippen LogP contribution in [0.4, 0.5) is 19.3 Å². The molecule has 0 radical (unpaired) electrons. The molecule has 1 aromatic heterocycles. The second-order valence-electron chi connectivity index (χ2n) is 8.07. The number of hydrogen-bond acceptors (Lipinski definition) is 5. The highest BCUT2D eigenvalue weighted by atomic mass is 35.5. The van der Waals surface area contributed by atoms with E-state index in [1.54, 1.807) is 29.6 Å². The summed E-state index contributed by atoms with van der Waals surface area (Å²) in [5.74, 6) is -1.73. The minimum absolute atomic E-state index is 0.133. The van der Waals surface area contributed by atoms with Crippen LogP contribution in [-0.2, 0) is 6.61 Å². The van der Waals surface area contributed by atoms with E-state index < -0.39 is 17.7 Å². The molecule has 1 fully saturated rings. The molecule has 0 saturated heterocycles. The second kappa shape index (κ2) is 11.5. The molecule has 3 N–H and O–H groups in total. The Labute approximate surface area is 209 Å². The molecule has 2 unspecified atom stereocenters. The fourth-order valence-corrected chi connectivity index (χ4v) is 4.60. The number of ether oxygens (including phenoxy) is 1. The van der Waals surface area contributed by atoms with Crippen molar-refractivity contribution in [3.63, 3.8) is 0 Å². The maximum atomic E-state index is 13.4. The number of amides is 3. The van der Waals surface area contributed by atoms with Crippen molar-refractivity contribution in [2.45, 2.75) is 44.4 Å². The molecule has 0 bridgehead atoms. The summed E-state index contributed by atoms with van der Waals surface area (Å²) < 4.78 is 32.2. The monoisotopic (exact) mass is 520 g/mol. The van der Waals surface area contributed by atoms with Gasteiger partial charge in [-0.05, 0) is 49.2 Å². The molecule has 4 rings (SSSR count). The van der Waals surface area contributed by atoms with Gasteiger partial charge in [0.05, 0.1) is 6.04 Å². The molecule has 2 aromatic carbocycles. The summed E-state index contributed by atoms with van der Waals surface area (Å²) in [6, 6.07) is 8.92. The summed E-state index contributed by atoms with van der Waals surface area (Å²) in [6.07, 6.45) is 3.17. The zero-order valence-electron chi connectivity index (χ0n) is 18.5. The zero-order chi connectivity index (χ0) is 24.8. The lowest BCUT2D eigenvalue weighted by Gasteiger charge is -2.32. The topological polar surface area (TPSA) is 92.4 Å². The smallest absolute Gasteiger partial charge is 0.319 e. The van der Waals surface area contributed by atoms with Crippen LogP contribution in [0.5, 0.6) is 5.75 Å². The third-order valence-electron chi connectivity index (χ3n) is 5.54. The van der Waals surface area contributed by atoms with E-state index in [-0.39, 0.29) is 36.0 Å². The number of nitrogens with one attached hydrogen (secondary N) is 3. The van der Waals surface area contributed by atoms with Gasteiger partial charge in [0.25, 0.3) is 5.91 Å². The van der Waals surface area contributed by atoms with Crippen molar-refractivity contribution in [3.05, 3.63) is 75.2 Å². The van der Waals surface area contributed by atoms with Gasteiger partial charge < -0.3 is 20.7 Å². The van der Waals surface area contributed by atoms with Gasteiger partial charge >= 0.3 is 6.03 Å². The number of rotatable bonds is 7. The van der Waals surface area contributed by atoms with Gasteiger partial charge in [-0.15, -0.1) is 11.3 Å². The van der Waals surface area contributed by atoms with Crippen LogP contribution in [-0.4, -0.2) is 29.0 Å². The highest BCUT2D eigenvalue weighted by Crippen LogP contribution is 2.21. The normalized spacial score (nSPS) is 17.5. The first-order valence-corrected chi connectivity index (χ1v) is 12.3. The van der Waals surface area contributed by atoms with Crippen LogP contribution in [0.15, 0.2) is 47.8 Å². The molecular formula is C24H23ClF2N4O3S. The van der Waals surface area contributed by atoms with Crippen molar-refractivity contribution in [2.24, 2.45) is 0 Å². The lowest BCUT2D eigenvalue weighted by Crippen LogP contribution is -2.54. The predicted octanol–water partition coefficient (Wildman–Crippen LogP) is 5.52. The fourth-order valence-electron chi connectivity index (χ4n) is 3.79. The van der Waals surface area contributed by atoms with E-state index in [0.717, 1.165) is 25.0 Å². The van der Waals surface area contributed by atoms with Crippen molar-refractivity contribution < 1.29 is 23.1 Å². The number of carbonyl (C=O) groups excluding carboxylic acids is 2. The maximum absolute atomic E-state index is 13.4. The van der Waals surface area contributed by atoms with E-state index in [9.17, 15) is 18.4 Å². The SMILES string of the molecule is O=C(Nc1ccc(F)c(F)c1)NC1CCCCC1NC(=O)c1csc(COc2ccc(Cl)cc2)n1. The Balaban J connectivity index is 1.31. The van der Waals surface area contributed by atoms with Crippen molar-refractivity contribution in [1.29, 1.82) is 0 Å². The highest BCUT2D eigenvalue weighted by Gasteiger charge is 2.29. The van der Waals surface area contributed by atoms with Crippen molar-refractivity contribution >= 4 is 40.6 Å². The Morgan fingerprint density at radius 3 is 2.46 bits per heavy atom. The predicted molar refractivity (Wildman–Crippen MR) is 130 cm³/mol. The van der Waals surface area contributed by atoms with Gasteiger partial charge in [0, 0.05) is 28.2 Å². The molecule has 35 heavy (non-hydrogen) atoms. The Hall–Kier alpha value is -3.24. The molecule has 2 atom stereocenters. The van der Waals surface area contributed by atoms with E-state index in [4.69, 9.17) is 16.3 Å². The first kappa shape index (κ1) is 24.9. The molecule has 7 nitrogen and oxygen atoms in total. The molecule has 1 aliphatic rings. The number of benzene rings is 2. The van der Waals surface area contributed by atoms with Crippen molar-refractivity contribution in [1.82, 2.24) is 15.6 Å². The lowest BCUT2D eigenvalue weighted by molar-refractivity contribution is 0.0911. The van der Waals surface area contributed by atoms with Gasteiger partial charge in [-0.2, -0.15) is 0 Å². The molecule has 184 valence electrons. The van der Waals surface area contributed by atoms with E-state index in [2.05, 4.69) is 20.9 Å². The first-order chi connectivity index (χ1) is 16.9. The van der Waals surface area contributed by atoms with E-state index in [0.29, 0.717) is 28.6 Å². The molecule has 1 saturated carbocycles. The van der Waals surface area contributed by atoms with Crippen LogP contribution in [0, 0.1) is 11.6 Å². The number of aromatic nitrogens is 1. The van der Waals surface area contributed by atoms with Crippen molar-refractivity contribution in [3.8, 4) is 5.75 Å². The summed E-state index contributed by atoms with van der Waals surface area (Å²) in [5.41, 5.74) is 0.411. The Kier molecular flexibility index (Phi) is 8.14. The van der Waals surface area contributed by atoms with Gasteiger partial charge in [-0.3, -0.25) is 4.79 Å². The maximum Gasteiger partial charge on any atom is 0.319 e. The van der Waals surface area contributed by atoms with Gasteiger partial charge in [-0.25, -0.2) is 18.6 Å². The minimum Gasteiger partial charge on any atom is -0.486 e. The number of thiazole rings is 1. The number of nitrogens with zero attached hydrogens (tertiary/aromatic N) is 1. The molecule has 3 aromatic rings. The average Bonchev–Trinajstić information content (AvgIpc) is 3.32. The minimum atomic E-state index is -1.05. The number of carbonyl (C=O) groups is 2. The molecule has 11 heteroatoms. The average molecular weight is 521 g/mol. The van der Waals surface area contributed by atoms with E-state index >= 15 is 0 Å². The third kappa shape index (κ3) is 6.89. The summed E-state index contributed by atoms with van der Waals surface area (Å²) in [6.45, 7) is 0.220. The summed E-state index contributed by atoms with van der Waals surface area (Å²) >= 11 is 7.19. The molecule has 0 aliphatic heterocycles. The summed E-state index contributed by atoms with van der Waals surface area (Å²) in [4.78, 5) is 29.6. The molecule has 3 amide bonds.